The Hall–Kier alpha value is -4.20. The molecule has 8 heteroatoms. The number of carbonyl (C=O) groups is 2. The van der Waals surface area contributed by atoms with Gasteiger partial charge < -0.3 is 29.6 Å². The first-order chi connectivity index (χ1) is 15.6. The molecule has 1 aliphatic rings. The first-order valence-electron chi connectivity index (χ1n) is 9.92. The Bertz CT molecular complexity index is 1140. The molecular formula is C24H22N2O6. The van der Waals surface area contributed by atoms with Crippen LogP contribution >= 0.6 is 0 Å². The van der Waals surface area contributed by atoms with E-state index in [1.54, 1.807) is 67.8 Å². The SMILES string of the molecule is COc1cccc(NC(=O)c2ccccc2NC(=O)c2cc(OC)c3c(c2)OCCO3)c1. The summed E-state index contributed by atoms with van der Waals surface area (Å²) in [6.45, 7) is 0.791. The summed E-state index contributed by atoms with van der Waals surface area (Å²) >= 11 is 0. The zero-order valence-electron chi connectivity index (χ0n) is 17.6. The molecular weight excluding hydrogens is 412 g/mol. The van der Waals surface area contributed by atoms with Crippen molar-refractivity contribution in [2.75, 3.05) is 38.1 Å². The summed E-state index contributed by atoms with van der Waals surface area (Å²) in [5.74, 6) is 1.14. The summed E-state index contributed by atoms with van der Waals surface area (Å²) in [5.41, 5.74) is 1.57. The predicted molar refractivity (Wildman–Crippen MR) is 119 cm³/mol. The highest BCUT2D eigenvalue weighted by molar-refractivity contribution is 6.12. The molecule has 0 saturated carbocycles. The minimum Gasteiger partial charge on any atom is -0.497 e. The van der Waals surface area contributed by atoms with Crippen LogP contribution in [0.15, 0.2) is 60.7 Å². The van der Waals surface area contributed by atoms with Crippen molar-refractivity contribution in [1.82, 2.24) is 0 Å². The largest absolute Gasteiger partial charge is 0.497 e. The van der Waals surface area contributed by atoms with Crippen LogP contribution in [-0.4, -0.2) is 39.2 Å². The van der Waals surface area contributed by atoms with E-state index < -0.39 is 5.91 Å². The van der Waals surface area contributed by atoms with Crippen molar-refractivity contribution in [3.8, 4) is 23.0 Å². The van der Waals surface area contributed by atoms with Crippen LogP contribution in [0.2, 0.25) is 0 Å². The Morgan fingerprint density at radius 2 is 1.66 bits per heavy atom. The normalized spacial score (nSPS) is 11.9. The lowest BCUT2D eigenvalue weighted by molar-refractivity contribution is 0.102. The molecule has 0 fully saturated rings. The van der Waals surface area contributed by atoms with E-state index in [1.165, 1.54) is 7.11 Å². The van der Waals surface area contributed by atoms with E-state index >= 15 is 0 Å². The number of hydrogen-bond donors (Lipinski definition) is 2. The van der Waals surface area contributed by atoms with Gasteiger partial charge in [-0.2, -0.15) is 0 Å². The minimum atomic E-state index is -0.415. The van der Waals surface area contributed by atoms with Crippen molar-refractivity contribution in [2.24, 2.45) is 0 Å². The van der Waals surface area contributed by atoms with E-state index in [-0.39, 0.29) is 5.91 Å². The van der Waals surface area contributed by atoms with Crippen molar-refractivity contribution in [2.45, 2.75) is 0 Å². The Morgan fingerprint density at radius 1 is 0.844 bits per heavy atom. The summed E-state index contributed by atoms with van der Waals surface area (Å²) in [7, 11) is 3.05. The maximum atomic E-state index is 13.0. The molecule has 0 aliphatic carbocycles. The van der Waals surface area contributed by atoms with Gasteiger partial charge in [0.05, 0.1) is 25.5 Å². The third-order valence-corrected chi connectivity index (χ3v) is 4.84. The van der Waals surface area contributed by atoms with Crippen LogP contribution in [0.25, 0.3) is 0 Å². The van der Waals surface area contributed by atoms with Gasteiger partial charge in [0.25, 0.3) is 11.8 Å². The molecule has 0 radical (unpaired) electrons. The fraction of sp³-hybridized carbons (Fsp3) is 0.167. The standard InChI is InChI=1S/C24H22N2O6/c1-29-17-7-5-6-16(14-17)25-24(28)18-8-3-4-9-19(18)26-23(27)15-12-20(30-2)22-21(13-15)31-10-11-32-22/h3-9,12-14H,10-11H2,1-2H3,(H,25,28)(H,26,27). The lowest BCUT2D eigenvalue weighted by Crippen LogP contribution is -2.20. The fourth-order valence-electron chi connectivity index (χ4n) is 3.29. The van der Waals surface area contributed by atoms with Crippen LogP contribution in [0.4, 0.5) is 11.4 Å². The Morgan fingerprint density at radius 3 is 2.47 bits per heavy atom. The van der Waals surface area contributed by atoms with E-state index in [0.717, 1.165) is 0 Å². The molecule has 2 amide bonds. The van der Waals surface area contributed by atoms with Gasteiger partial charge in [0.1, 0.15) is 19.0 Å². The maximum absolute atomic E-state index is 13.0. The number of para-hydroxylation sites is 1. The number of rotatable bonds is 6. The quantitative estimate of drug-likeness (QED) is 0.609. The molecule has 0 saturated heterocycles. The lowest BCUT2D eigenvalue weighted by atomic mass is 10.1. The first kappa shape index (κ1) is 21.0. The van der Waals surface area contributed by atoms with Crippen LogP contribution in [0.3, 0.4) is 0 Å². The average molecular weight is 434 g/mol. The third-order valence-electron chi connectivity index (χ3n) is 4.84. The highest BCUT2D eigenvalue weighted by atomic mass is 16.6. The van der Waals surface area contributed by atoms with Crippen LogP contribution in [0.1, 0.15) is 20.7 Å². The van der Waals surface area contributed by atoms with Crippen LogP contribution in [-0.2, 0) is 0 Å². The zero-order valence-corrected chi connectivity index (χ0v) is 17.6. The highest BCUT2D eigenvalue weighted by Crippen LogP contribution is 2.40. The van der Waals surface area contributed by atoms with Crippen molar-refractivity contribution in [1.29, 1.82) is 0 Å². The van der Waals surface area contributed by atoms with Gasteiger partial charge in [0.15, 0.2) is 11.5 Å². The number of ether oxygens (including phenoxy) is 4. The van der Waals surface area contributed by atoms with Gasteiger partial charge >= 0.3 is 0 Å². The number of amides is 2. The van der Waals surface area contributed by atoms with Gasteiger partial charge in [0, 0.05) is 17.3 Å². The van der Waals surface area contributed by atoms with Crippen LogP contribution in [0.5, 0.6) is 23.0 Å². The van der Waals surface area contributed by atoms with E-state index in [2.05, 4.69) is 10.6 Å². The van der Waals surface area contributed by atoms with Crippen molar-refractivity contribution in [3.63, 3.8) is 0 Å². The molecule has 1 heterocycles. The molecule has 3 aromatic carbocycles. The third kappa shape index (κ3) is 4.44. The monoisotopic (exact) mass is 434 g/mol. The van der Waals surface area contributed by atoms with Gasteiger partial charge in [0.2, 0.25) is 5.75 Å². The summed E-state index contributed by atoms with van der Waals surface area (Å²) in [5, 5.41) is 5.62. The Labute approximate surface area is 185 Å². The molecule has 0 unspecified atom stereocenters. The molecule has 164 valence electrons. The summed E-state index contributed by atoms with van der Waals surface area (Å²) in [6.07, 6.45) is 0. The van der Waals surface area contributed by atoms with Gasteiger partial charge in [-0.1, -0.05) is 18.2 Å². The smallest absolute Gasteiger partial charge is 0.257 e. The number of carbonyl (C=O) groups excluding carboxylic acids is 2. The Balaban J connectivity index is 1.56. The van der Waals surface area contributed by atoms with Gasteiger partial charge in [-0.3, -0.25) is 9.59 Å². The average Bonchev–Trinajstić information content (AvgIpc) is 2.83. The number of benzene rings is 3. The number of methoxy groups -OCH3 is 2. The highest BCUT2D eigenvalue weighted by Gasteiger charge is 2.22. The number of anilines is 2. The first-order valence-corrected chi connectivity index (χ1v) is 9.92. The zero-order chi connectivity index (χ0) is 22.5. The van der Waals surface area contributed by atoms with Crippen molar-refractivity contribution < 1.29 is 28.5 Å². The van der Waals surface area contributed by atoms with E-state index in [0.29, 0.717) is 58.7 Å². The predicted octanol–water partition coefficient (Wildman–Crippen LogP) is 3.98. The molecule has 0 atom stereocenters. The second kappa shape index (κ2) is 9.30. The maximum Gasteiger partial charge on any atom is 0.257 e. The summed E-state index contributed by atoms with van der Waals surface area (Å²) < 4.78 is 21.7. The van der Waals surface area contributed by atoms with Gasteiger partial charge in [-0.15, -0.1) is 0 Å². The van der Waals surface area contributed by atoms with Gasteiger partial charge in [-0.05, 0) is 36.4 Å². The molecule has 2 N–H and O–H groups in total. The molecule has 0 bridgehead atoms. The van der Waals surface area contributed by atoms with Crippen molar-refractivity contribution >= 4 is 23.2 Å². The molecule has 1 aliphatic heterocycles. The summed E-state index contributed by atoms with van der Waals surface area (Å²) in [6, 6.07) is 16.9. The molecule has 0 spiro atoms. The molecule has 3 aromatic rings. The van der Waals surface area contributed by atoms with E-state index in [1.807, 2.05) is 0 Å². The van der Waals surface area contributed by atoms with Crippen LogP contribution < -0.4 is 29.6 Å². The number of fused-ring (bicyclic) bond motifs is 1. The van der Waals surface area contributed by atoms with E-state index in [9.17, 15) is 9.59 Å². The fourth-order valence-corrected chi connectivity index (χ4v) is 3.29. The Kier molecular flexibility index (Phi) is 6.12. The summed E-state index contributed by atoms with van der Waals surface area (Å²) in [4.78, 5) is 25.9. The second-order valence-corrected chi connectivity index (χ2v) is 6.89. The minimum absolute atomic E-state index is 0.313. The number of hydrogen-bond acceptors (Lipinski definition) is 6. The topological polar surface area (TPSA) is 95.1 Å². The number of nitrogens with one attached hydrogen (secondary N) is 2. The second-order valence-electron chi connectivity index (χ2n) is 6.89. The molecule has 4 rings (SSSR count). The lowest BCUT2D eigenvalue weighted by Gasteiger charge is -2.21. The molecule has 0 aromatic heterocycles. The van der Waals surface area contributed by atoms with Crippen LogP contribution in [0, 0.1) is 0 Å². The van der Waals surface area contributed by atoms with E-state index in [4.69, 9.17) is 18.9 Å². The van der Waals surface area contributed by atoms with Gasteiger partial charge in [-0.25, -0.2) is 0 Å². The van der Waals surface area contributed by atoms with Crippen molar-refractivity contribution in [3.05, 3.63) is 71.8 Å². The molecule has 32 heavy (non-hydrogen) atoms. The molecule has 8 nitrogen and oxygen atoms in total.